The monoisotopic (exact) mass is 374 g/mol. The molecule has 0 unspecified atom stereocenters. The molecule has 0 amide bonds. The van der Waals surface area contributed by atoms with Crippen LogP contribution >= 0.6 is 0 Å². The molecule has 6 heteroatoms. The van der Waals surface area contributed by atoms with Crippen molar-refractivity contribution in [2.45, 2.75) is 45.1 Å². The van der Waals surface area contributed by atoms with Gasteiger partial charge in [-0.2, -0.15) is 5.26 Å². The molecule has 1 aromatic carbocycles. The zero-order valence-corrected chi connectivity index (χ0v) is 16.2. The zero-order chi connectivity index (χ0) is 19.9. The molecule has 2 heterocycles. The van der Waals surface area contributed by atoms with Gasteiger partial charge in [0, 0.05) is 17.0 Å². The average molecular weight is 374 g/mol. The smallest absolute Gasteiger partial charge is 0.420 e. The van der Waals surface area contributed by atoms with Gasteiger partial charge in [-0.05, 0) is 57.9 Å². The number of nitrogens with one attached hydrogen (secondary N) is 1. The van der Waals surface area contributed by atoms with Gasteiger partial charge >= 0.3 is 6.09 Å². The van der Waals surface area contributed by atoms with Crippen LogP contribution < -0.4 is 5.32 Å². The van der Waals surface area contributed by atoms with E-state index in [2.05, 4.69) is 16.4 Å². The van der Waals surface area contributed by atoms with Gasteiger partial charge in [-0.25, -0.2) is 14.3 Å². The van der Waals surface area contributed by atoms with E-state index in [0.717, 1.165) is 29.4 Å². The Bertz CT molecular complexity index is 1100. The summed E-state index contributed by atoms with van der Waals surface area (Å²) in [6.07, 6.45) is 1.76. The van der Waals surface area contributed by atoms with Crippen molar-refractivity contribution in [2.24, 2.45) is 0 Å². The first kappa shape index (κ1) is 18.1. The first-order valence-electron chi connectivity index (χ1n) is 9.37. The van der Waals surface area contributed by atoms with E-state index < -0.39 is 11.7 Å². The molecule has 0 bridgehead atoms. The Kier molecular flexibility index (Phi) is 4.31. The molecule has 1 N–H and O–H groups in total. The number of pyridine rings is 1. The summed E-state index contributed by atoms with van der Waals surface area (Å²) in [7, 11) is 0. The number of fused-ring (bicyclic) bond motifs is 1. The number of nitriles is 1. The maximum atomic E-state index is 12.9. The van der Waals surface area contributed by atoms with E-state index >= 15 is 0 Å². The summed E-state index contributed by atoms with van der Waals surface area (Å²) in [4.78, 5) is 17.5. The molecule has 28 heavy (non-hydrogen) atoms. The van der Waals surface area contributed by atoms with Gasteiger partial charge in [-0.15, -0.1) is 0 Å². The van der Waals surface area contributed by atoms with Gasteiger partial charge in [0.2, 0.25) is 0 Å². The Balaban J connectivity index is 1.79. The third-order valence-corrected chi connectivity index (χ3v) is 4.57. The minimum atomic E-state index is -0.623. The normalized spacial score (nSPS) is 13.9. The number of rotatable bonds is 3. The van der Waals surface area contributed by atoms with Crippen LogP contribution in [0.3, 0.4) is 0 Å². The fraction of sp³-hybridized carbons (Fsp3) is 0.318. The number of hydrogen-bond donors (Lipinski definition) is 1. The molecule has 1 aliphatic carbocycles. The van der Waals surface area contributed by atoms with Crippen LogP contribution in [-0.4, -0.2) is 21.2 Å². The van der Waals surface area contributed by atoms with Crippen LogP contribution in [-0.2, 0) is 4.74 Å². The summed E-state index contributed by atoms with van der Waals surface area (Å²) in [5.74, 6) is 1.44. The van der Waals surface area contributed by atoms with E-state index in [0.29, 0.717) is 23.1 Å². The van der Waals surface area contributed by atoms with Gasteiger partial charge in [0.1, 0.15) is 23.3 Å². The van der Waals surface area contributed by atoms with E-state index in [-0.39, 0.29) is 0 Å². The largest absolute Gasteiger partial charge is 0.443 e. The Hall–Kier alpha value is -3.33. The Morgan fingerprint density at radius 1 is 1.25 bits per heavy atom. The van der Waals surface area contributed by atoms with E-state index in [1.165, 1.54) is 4.57 Å². The molecule has 0 saturated heterocycles. The Morgan fingerprint density at radius 2 is 2.00 bits per heavy atom. The average Bonchev–Trinajstić information content (AvgIpc) is 3.41. The molecule has 6 nitrogen and oxygen atoms in total. The van der Waals surface area contributed by atoms with Crippen molar-refractivity contribution < 1.29 is 9.53 Å². The summed E-state index contributed by atoms with van der Waals surface area (Å²) in [6, 6.07) is 15.3. The molecule has 0 spiro atoms. The van der Waals surface area contributed by atoms with Gasteiger partial charge in [-0.1, -0.05) is 18.2 Å². The first-order chi connectivity index (χ1) is 13.4. The molecule has 1 saturated carbocycles. The molecule has 3 aromatic rings. The second kappa shape index (κ2) is 6.68. The molecular weight excluding hydrogens is 352 g/mol. The lowest BCUT2D eigenvalue weighted by Crippen LogP contribution is -2.27. The molecule has 4 rings (SSSR count). The molecule has 142 valence electrons. The van der Waals surface area contributed by atoms with Gasteiger partial charge in [-0.3, -0.25) is 0 Å². The molecule has 1 aliphatic rings. The lowest BCUT2D eigenvalue weighted by Gasteiger charge is -2.21. The van der Waals surface area contributed by atoms with Crippen molar-refractivity contribution in [2.75, 3.05) is 5.32 Å². The Labute approximate surface area is 163 Å². The fourth-order valence-corrected chi connectivity index (χ4v) is 3.14. The number of para-hydroxylation sites is 1. The standard InChI is InChI=1S/C22H22N4O2/c1-22(2,3)28-21(27)26-18-7-5-4-6-15(18)12-19(26)25-20-16(13-23)10-11-17(24-20)14-8-9-14/h4-7,10-12,14H,8-9H2,1-3H3,(H,24,25). The summed E-state index contributed by atoms with van der Waals surface area (Å²) in [5.41, 5.74) is 1.52. The number of anilines is 2. The molecular formula is C22H22N4O2. The van der Waals surface area contributed by atoms with Crippen molar-refractivity contribution in [1.29, 1.82) is 5.26 Å². The second-order valence-electron chi connectivity index (χ2n) is 8.05. The van der Waals surface area contributed by atoms with Gasteiger partial charge in [0.25, 0.3) is 0 Å². The van der Waals surface area contributed by atoms with Crippen molar-refractivity contribution >= 4 is 28.6 Å². The molecule has 1 fully saturated rings. The van der Waals surface area contributed by atoms with Crippen molar-refractivity contribution in [3.63, 3.8) is 0 Å². The zero-order valence-electron chi connectivity index (χ0n) is 16.2. The maximum Gasteiger partial charge on any atom is 0.420 e. The predicted molar refractivity (Wildman–Crippen MR) is 108 cm³/mol. The van der Waals surface area contributed by atoms with E-state index in [4.69, 9.17) is 4.74 Å². The molecule has 0 radical (unpaired) electrons. The van der Waals surface area contributed by atoms with Crippen LogP contribution in [0.15, 0.2) is 42.5 Å². The van der Waals surface area contributed by atoms with Gasteiger partial charge in [0.05, 0.1) is 11.1 Å². The quantitative estimate of drug-likeness (QED) is 0.672. The lowest BCUT2D eigenvalue weighted by atomic mass is 10.2. The van der Waals surface area contributed by atoms with Crippen LogP contribution in [0, 0.1) is 11.3 Å². The summed E-state index contributed by atoms with van der Waals surface area (Å²) >= 11 is 0. The van der Waals surface area contributed by atoms with Crippen LogP contribution in [0.1, 0.15) is 50.8 Å². The van der Waals surface area contributed by atoms with Crippen LogP contribution in [0.25, 0.3) is 10.9 Å². The maximum absolute atomic E-state index is 12.9. The highest BCUT2D eigenvalue weighted by Crippen LogP contribution is 2.40. The van der Waals surface area contributed by atoms with Crippen molar-refractivity contribution in [1.82, 2.24) is 9.55 Å². The van der Waals surface area contributed by atoms with Gasteiger partial charge < -0.3 is 10.1 Å². The highest BCUT2D eigenvalue weighted by atomic mass is 16.6. The summed E-state index contributed by atoms with van der Waals surface area (Å²) in [5, 5.41) is 13.6. The topological polar surface area (TPSA) is 79.9 Å². The van der Waals surface area contributed by atoms with E-state index in [9.17, 15) is 10.1 Å². The minimum Gasteiger partial charge on any atom is -0.443 e. The Morgan fingerprint density at radius 3 is 2.68 bits per heavy atom. The predicted octanol–water partition coefficient (Wildman–Crippen LogP) is 5.31. The van der Waals surface area contributed by atoms with Crippen LogP contribution in [0.2, 0.25) is 0 Å². The summed E-state index contributed by atoms with van der Waals surface area (Å²) in [6.45, 7) is 5.49. The van der Waals surface area contributed by atoms with Crippen LogP contribution in [0.4, 0.5) is 16.4 Å². The molecule has 2 aromatic heterocycles. The van der Waals surface area contributed by atoms with Crippen LogP contribution in [0.5, 0.6) is 0 Å². The van der Waals surface area contributed by atoms with E-state index in [1.807, 2.05) is 57.2 Å². The molecule has 0 aliphatic heterocycles. The number of ether oxygens (including phenoxy) is 1. The highest BCUT2D eigenvalue weighted by molar-refractivity contribution is 5.95. The number of nitrogens with zero attached hydrogens (tertiary/aromatic N) is 3. The van der Waals surface area contributed by atoms with Gasteiger partial charge in [0.15, 0.2) is 0 Å². The number of hydrogen-bond acceptors (Lipinski definition) is 5. The number of benzene rings is 1. The second-order valence-corrected chi connectivity index (χ2v) is 8.05. The van der Waals surface area contributed by atoms with Crippen molar-refractivity contribution in [3.05, 3.63) is 53.7 Å². The molecule has 0 atom stereocenters. The number of carbonyl (C=O) groups is 1. The highest BCUT2D eigenvalue weighted by Gasteiger charge is 2.26. The lowest BCUT2D eigenvalue weighted by molar-refractivity contribution is 0.0548. The fourth-order valence-electron chi connectivity index (χ4n) is 3.14. The third-order valence-electron chi connectivity index (χ3n) is 4.57. The summed E-state index contributed by atoms with van der Waals surface area (Å²) < 4.78 is 7.09. The number of carbonyl (C=O) groups excluding carboxylic acids is 1. The van der Waals surface area contributed by atoms with Crippen molar-refractivity contribution in [3.8, 4) is 6.07 Å². The number of aromatic nitrogens is 2. The first-order valence-corrected chi connectivity index (χ1v) is 9.37. The third kappa shape index (κ3) is 3.56. The minimum absolute atomic E-state index is 0.436. The SMILES string of the molecule is CC(C)(C)OC(=O)n1c(Nc2nc(C3CC3)ccc2C#N)cc2ccccc21. The van der Waals surface area contributed by atoms with E-state index in [1.54, 1.807) is 6.07 Å².